The first-order chi connectivity index (χ1) is 13.8. The largest absolute Gasteiger partial charge is 0.502 e. The highest BCUT2D eigenvalue weighted by molar-refractivity contribution is 6.16. The van der Waals surface area contributed by atoms with Crippen LogP contribution >= 0.6 is 0 Å². The van der Waals surface area contributed by atoms with Gasteiger partial charge in [-0.1, -0.05) is 24.3 Å². The van der Waals surface area contributed by atoms with E-state index in [2.05, 4.69) is 10.6 Å². The number of hydrogen-bond donors (Lipinski definition) is 3. The Morgan fingerprint density at radius 1 is 1.24 bits per heavy atom. The number of urea groups is 1. The number of nitrogens with one attached hydrogen (secondary N) is 2. The molecular weight excluding hydrogens is 387 g/mol. The first-order valence-electron chi connectivity index (χ1n) is 8.13. The molecular formula is C18H13FN4O6. The van der Waals surface area contributed by atoms with Gasteiger partial charge in [0.1, 0.15) is 18.1 Å². The second-order valence-corrected chi connectivity index (χ2v) is 5.88. The van der Waals surface area contributed by atoms with E-state index in [1.165, 1.54) is 30.3 Å². The molecule has 0 radical (unpaired) electrons. The number of hydrogen-bond acceptors (Lipinski definition) is 6. The molecule has 0 bridgehead atoms. The molecule has 1 heterocycles. The number of phenolic OH excluding ortho intramolecular Hbond substituents is 1. The third-order valence-corrected chi connectivity index (χ3v) is 3.95. The van der Waals surface area contributed by atoms with Crippen LogP contribution in [0.2, 0.25) is 0 Å². The molecule has 29 heavy (non-hydrogen) atoms. The number of nitro groups is 1. The lowest BCUT2D eigenvalue weighted by Crippen LogP contribution is -2.38. The highest BCUT2D eigenvalue weighted by Crippen LogP contribution is 2.31. The molecule has 0 unspecified atom stereocenters. The van der Waals surface area contributed by atoms with Crippen molar-refractivity contribution in [3.05, 3.63) is 69.7 Å². The fourth-order valence-corrected chi connectivity index (χ4v) is 2.58. The molecule has 1 saturated heterocycles. The molecule has 1 fully saturated rings. The minimum atomic E-state index is -0.908. The van der Waals surface area contributed by atoms with Gasteiger partial charge in [-0.15, -0.1) is 0 Å². The lowest BCUT2D eigenvalue weighted by Gasteiger charge is -2.12. The van der Waals surface area contributed by atoms with E-state index < -0.39 is 46.6 Å². The number of amides is 4. The summed E-state index contributed by atoms with van der Waals surface area (Å²) in [4.78, 5) is 47.2. The minimum Gasteiger partial charge on any atom is -0.502 e. The summed E-state index contributed by atoms with van der Waals surface area (Å²) in [6, 6.07) is 8.15. The van der Waals surface area contributed by atoms with Crippen LogP contribution in [0.4, 0.5) is 20.6 Å². The molecule has 10 nitrogen and oxygen atoms in total. The van der Waals surface area contributed by atoms with Gasteiger partial charge < -0.3 is 15.7 Å². The normalized spacial score (nSPS) is 14.8. The average Bonchev–Trinajstić information content (AvgIpc) is 2.92. The van der Waals surface area contributed by atoms with Crippen molar-refractivity contribution < 1.29 is 28.8 Å². The number of nitrogens with zero attached hydrogens (tertiary/aromatic N) is 2. The average molecular weight is 400 g/mol. The Labute approximate surface area is 162 Å². The van der Waals surface area contributed by atoms with Crippen LogP contribution in [0.3, 0.4) is 0 Å². The van der Waals surface area contributed by atoms with Gasteiger partial charge in [-0.25, -0.2) is 14.1 Å². The number of rotatable bonds is 5. The second-order valence-electron chi connectivity index (χ2n) is 5.88. The summed E-state index contributed by atoms with van der Waals surface area (Å²) < 4.78 is 13.6. The zero-order chi connectivity index (χ0) is 21.1. The molecule has 0 atom stereocenters. The van der Waals surface area contributed by atoms with Gasteiger partial charge in [-0.3, -0.25) is 19.7 Å². The number of phenols is 1. The summed E-state index contributed by atoms with van der Waals surface area (Å²) in [5, 5.41) is 25.3. The minimum absolute atomic E-state index is 0.0690. The Morgan fingerprint density at radius 3 is 2.66 bits per heavy atom. The third kappa shape index (κ3) is 4.03. The van der Waals surface area contributed by atoms with Crippen molar-refractivity contribution in [1.29, 1.82) is 0 Å². The quantitative estimate of drug-likeness (QED) is 0.303. The summed E-state index contributed by atoms with van der Waals surface area (Å²) >= 11 is 0. The molecule has 0 spiro atoms. The van der Waals surface area contributed by atoms with E-state index in [0.29, 0.717) is 4.90 Å². The van der Waals surface area contributed by atoms with Crippen molar-refractivity contribution in [3.63, 3.8) is 0 Å². The zero-order valence-electron chi connectivity index (χ0n) is 14.6. The molecule has 1 aliphatic rings. The van der Waals surface area contributed by atoms with Crippen LogP contribution in [0, 0.1) is 15.9 Å². The number of para-hydroxylation sites is 2. The summed E-state index contributed by atoms with van der Waals surface area (Å²) in [6.45, 7) is -0.683. The van der Waals surface area contributed by atoms with Crippen molar-refractivity contribution >= 4 is 35.3 Å². The molecule has 148 valence electrons. The number of benzene rings is 2. The predicted octanol–water partition coefficient (Wildman–Crippen LogP) is 1.97. The van der Waals surface area contributed by atoms with Crippen molar-refractivity contribution in [2.75, 3.05) is 11.9 Å². The first kappa shape index (κ1) is 19.5. The number of halogens is 1. The molecule has 1 aliphatic heterocycles. The van der Waals surface area contributed by atoms with E-state index in [1.807, 2.05) is 0 Å². The van der Waals surface area contributed by atoms with Crippen LogP contribution in [0.1, 0.15) is 5.56 Å². The molecule has 2 aromatic rings. The van der Waals surface area contributed by atoms with E-state index in [-0.39, 0.29) is 16.9 Å². The van der Waals surface area contributed by atoms with Gasteiger partial charge in [0.15, 0.2) is 0 Å². The summed E-state index contributed by atoms with van der Waals surface area (Å²) in [7, 11) is 0. The van der Waals surface area contributed by atoms with Crippen molar-refractivity contribution in [2.45, 2.75) is 0 Å². The van der Waals surface area contributed by atoms with Crippen LogP contribution in [0.5, 0.6) is 5.75 Å². The smallest absolute Gasteiger partial charge is 0.329 e. The maximum Gasteiger partial charge on any atom is 0.329 e. The van der Waals surface area contributed by atoms with Crippen molar-refractivity contribution in [2.24, 2.45) is 0 Å². The van der Waals surface area contributed by atoms with E-state index in [0.717, 1.165) is 18.2 Å². The number of imide groups is 1. The number of carbonyl (C=O) groups is 3. The van der Waals surface area contributed by atoms with Crippen LogP contribution in [0.15, 0.2) is 48.2 Å². The summed E-state index contributed by atoms with van der Waals surface area (Å²) in [6.07, 6.45) is 1.05. The van der Waals surface area contributed by atoms with Crippen LogP contribution < -0.4 is 10.6 Å². The molecule has 3 rings (SSSR count). The molecule has 2 aromatic carbocycles. The van der Waals surface area contributed by atoms with Gasteiger partial charge >= 0.3 is 11.7 Å². The Hall–Kier alpha value is -4.28. The van der Waals surface area contributed by atoms with E-state index in [1.54, 1.807) is 0 Å². The Kier molecular flexibility index (Phi) is 5.21. The maximum absolute atomic E-state index is 13.6. The molecule has 0 aliphatic carbocycles. The van der Waals surface area contributed by atoms with Gasteiger partial charge in [-0.2, -0.15) is 0 Å². The first-order valence-corrected chi connectivity index (χ1v) is 8.13. The fourth-order valence-electron chi connectivity index (χ4n) is 2.58. The zero-order valence-corrected chi connectivity index (χ0v) is 14.6. The van der Waals surface area contributed by atoms with Crippen LogP contribution in [-0.2, 0) is 9.59 Å². The standard InChI is InChI=1S/C18H13FN4O6/c19-11-5-1-2-6-12(11)20-15(24)9-22-17(26)13(21-18(22)27)8-10-4-3-7-14(16(10)25)23(28)29/h1-8,25H,9H2,(H,20,24)(H,21,27)/b13-8+. The number of anilines is 1. The summed E-state index contributed by atoms with van der Waals surface area (Å²) in [5.41, 5.74) is -1.04. The van der Waals surface area contributed by atoms with Gasteiger partial charge in [0, 0.05) is 11.6 Å². The molecule has 3 N–H and O–H groups in total. The van der Waals surface area contributed by atoms with Crippen LogP contribution in [-0.4, -0.2) is 39.3 Å². The van der Waals surface area contributed by atoms with E-state index >= 15 is 0 Å². The SMILES string of the molecule is O=C(CN1C(=O)N/C(=C/c2cccc([N+](=O)[O-])c2O)C1=O)Nc1ccccc1F. The maximum atomic E-state index is 13.6. The fraction of sp³-hybridized carbons (Fsp3) is 0.0556. The van der Waals surface area contributed by atoms with Gasteiger partial charge in [0.2, 0.25) is 11.7 Å². The predicted molar refractivity (Wildman–Crippen MR) is 98.0 cm³/mol. The molecule has 0 saturated carbocycles. The Bertz CT molecular complexity index is 1070. The van der Waals surface area contributed by atoms with Crippen LogP contribution in [0.25, 0.3) is 6.08 Å². The van der Waals surface area contributed by atoms with E-state index in [9.17, 15) is 34.0 Å². The highest BCUT2D eigenvalue weighted by Gasteiger charge is 2.35. The van der Waals surface area contributed by atoms with Gasteiger partial charge in [0.05, 0.1) is 10.6 Å². The lowest BCUT2D eigenvalue weighted by atomic mass is 10.1. The third-order valence-electron chi connectivity index (χ3n) is 3.95. The Morgan fingerprint density at radius 2 is 1.97 bits per heavy atom. The van der Waals surface area contributed by atoms with Crippen molar-refractivity contribution in [1.82, 2.24) is 10.2 Å². The Balaban J connectivity index is 1.77. The van der Waals surface area contributed by atoms with E-state index in [4.69, 9.17) is 0 Å². The molecule has 11 heteroatoms. The monoisotopic (exact) mass is 400 g/mol. The number of nitro benzene ring substituents is 1. The number of aromatic hydroxyl groups is 1. The van der Waals surface area contributed by atoms with Gasteiger partial charge in [0.25, 0.3) is 5.91 Å². The second kappa shape index (κ2) is 7.76. The molecule has 4 amide bonds. The van der Waals surface area contributed by atoms with Crippen molar-refractivity contribution in [3.8, 4) is 5.75 Å². The van der Waals surface area contributed by atoms with Gasteiger partial charge in [-0.05, 0) is 18.2 Å². The molecule has 0 aromatic heterocycles. The highest BCUT2D eigenvalue weighted by atomic mass is 19.1. The topological polar surface area (TPSA) is 142 Å². The lowest BCUT2D eigenvalue weighted by molar-refractivity contribution is -0.385. The number of carbonyl (C=O) groups excluding carboxylic acids is 3. The summed E-state index contributed by atoms with van der Waals surface area (Å²) in [5.74, 6) is -3.05.